The molecule has 1 aliphatic heterocycles. The monoisotopic (exact) mass is 302 g/mol. The lowest BCUT2D eigenvalue weighted by Crippen LogP contribution is -2.24. The SMILES string of the molecule is CCC(O)/C=C/[C@@H]1[C@H]2CC(=O)O[C@H]2C[C@H]1OB(P)P. The van der Waals surface area contributed by atoms with Crippen molar-refractivity contribution >= 4 is 30.6 Å². The summed E-state index contributed by atoms with van der Waals surface area (Å²) in [6, 6.07) is 0. The quantitative estimate of drug-likeness (QED) is 0.361. The largest absolute Gasteiger partial charge is 0.462 e. The zero-order valence-corrected chi connectivity index (χ0v) is 13.4. The first-order chi connectivity index (χ1) is 9.01. The van der Waals surface area contributed by atoms with Crippen molar-refractivity contribution < 1.29 is 19.3 Å². The lowest BCUT2D eigenvalue weighted by molar-refractivity contribution is -0.141. The number of hydrogen-bond donors (Lipinski definition) is 1. The minimum absolute atomic E-state index is 0.00785. The van der Waals surface area contributed by atoms with Gasteiger partial charge < -0.3 is 14.5 Å². The molecule has 1 aliphatic carbocycles. The molecule has 0 aromatic heterocycles. The van der Waals surface area contributed by atoms with Crippen LogP contribution in [0.4, 0.5) is 0 Å². The van der Waals surface area contributed by atoms with Gasteiger partial charge in [0.1, 0.15) is 6.10 Å². The van der Waals surface area contributed by atoms with Crippen molar-refractivity contribution in [3.8, 4) is 0 Å². The minimum Gasteiger partial charge on any atom is -0.462 e. The molecule has 0 aromatic carbocycles. The lowest BCUT2D eigenvalue weighted by atomic mass is 9.91. The van der Waals surface area contributed by atoms with Gasteiger partial charge in [-0.2, -0.15) is 0 Å². The third-order valence-electron chi connectivity index (χ3n) is 3.86. The number of carbonyl (C=O) groups is 1. The Morgan fingerprint density at radius 3 is 3.00 bits per heavy atom. The molecule has 1 heterocycles. The molecule has 4 nitrogen and oxygen atoms in total. The average Bonchev–Trinajstić information content (AvgIpc) is 2.81. The van der Waals surface area contributed by atoms with E-state index in [0.717, 1.165) is 6.42 Å². The molecule has 0 aromatic rings. The Labute approximate surface area is 119 Å². The molecule has 7 heteroatoms. The zero-order valence-electron chi connectivity index (χ0n) is 11.1. The zero-order chi connectivity index (χ0) is 14.0. The van der Waals surface area contributed by atoms with Gasteiger partial charge in [0.2, 0.25) is 0 Å². The van der Waals surface area contributed by atoms with E-state index in [-0.39, 0.29) is 36.4 Å². The lowest BCUT2D eigenvalue weighted by Gasteiger charge is -2.22. The average molecular weight is 302 g/mol. The fourth-order valence-electron chi connectivity index (χ4n) is 2.90. The van der Waals surface area contributed by atoms with Crippen LogP contribution in [0.15, 0.2) is 12.2 Å². The maximum absolute atomic E-state index is 11.4. The Morgan fingerprint density at radius 1 is 1.63 bits per heavy atom. The molecule has 2 fully saturated rings. The predicted octanol–water partition coefficient (Wildman–Crippen LogP) is 1.39. The highest BCUT2D eigenvalue weighted by Crippen LogP contribution is 2.44. The van der Waals surface area contributed by atoms with Gasteiger partial charge in [0.15, 0.2) is 0 Å². The fourth-order valence-corrected chi connectivity index (χ4v) is 3.31. The van der Waals surface area contributed by atoms with E-state index in [1.54, 1.807) is 0 Å². The van der Waals surface area contributed by atoms with Gasteiger partial charge in [-0.05, 0) is 6.42 Å². The number of hydrogen-bond acceptors (Lipinski definition) is 4. The van der Waals surface area contributed by atoms with Crippen LogP contribution in [-0.2, 0) is 14.2 Å². The Hall–Kier alpha value is 0.0549. The van der Waals surface area contributed by atoms with E-state index in [0.29, 0.717) is 12.8 Å². The van der Waals surface area contributed by atoms with Crippen LogP contribution in [0.5, 0.6) is 0 Å². The molecule has 1 saturated heterocycles. The molecule has 0 bridgehead atoms. The highest BCUT2D eigenvalue weighted by atomic mass is 31.1. The van der Waals surface area contributed by atoms with E-state index in [2.05, 4.69) is 18.2 Å². The number of rotatable bonds is 5. The normalized spacial score (nSPS) is 35.5. The van der Waals surface area contributed by atoms with Gasteiger partial charge in [0.25, 0.3) is 0 Å². The Balaban J connectivity index is 2.08. The molecule has 3 unspecified atom stereocenters. The molecule has 2 aliphatic rings. The smallest absolute Gasteiger partial charge is 0.336 e. The first-order valence-electron chi connectivity index (χ1n) is 6.73. The predicted molar refractivity (Wildman–Crippen MR) is 81.6 cm³/mol. The number of aliphatic hydroxyl groups excluding tert-OH is 1. The molecule has 7 atom stereocenters. The van der Waals surface area contributed by atoms with E-state index in [1.165, 1.54) is 0 Å². The van der Waals surface area contributed by atoms with Gasteiger partial charge in [-0.3, -0.25) is 4.79 Å². The van der Waals surface area contributed by atoms with Crippen LogP contribution in [-0.4, -0.2) is 35.7 Å². The number of esters is 1. The molecule has 2 rings (SSSR count). The fraction of sp³-hybridized carbons (Fsp3) is 0.750. The number of carbonyl (C=O) groups excluding carboxylic acids is 1. The van der Waals surface area contributed by atoms with Gasteiger partial charge in [-0.25, -0.2) is 0 Å². The number of aliphatic hydroxyl groups is 1. The van der Waals surface area contributed by atoms with Gasteiger partial charge in [-0.15, -0.1) is 18.2 Å². The van der Waals surface area contributed by atoms with Gasteiger partial charge in [-0.1, -0.05) is 19.1 Å². The first-order valence-corrected chi connectivity index (χ1v) is 8.07. The van der Waals surface area contributed by atoms with Crippen molar-refractivity contribution in [2.24, 2.45) is 11.8 Å². The highest BCUT2D eigenvalue weighted by Gasteiger charge is 2.49. The maximum atomic E-state index is 11.4. The standard InChI is InChI=1S/C12H21BO4P2/c1-2-7(14)3-4-8-9-5-12(15)16-10(9)6-11(8)17-13(18)19/h3-4,7-11,14H,2,5-6,18-19H2,1H3/b4-3+/t7?,8-,9-,10+,11-/m1/s1. The van der Waals surface area contributed by atoms with Crippen molar-refractivity contribution in [3.05, 3.63) is 12.2 Å². The summed E-state index contributed by atoms with van der Waals surface area (Å²) in [5.74, 6) is 0.212. The number of ether oxygens (including phenoxy) is 1. The molecular weight excluding hydrogens is 281 g/mol. The van der Waals surface area contributed by atoms with Crippen LogP contribution in [0.1, 0.15) is 26.2 Å². The van der Waals surface area contributed by atoms with Gasteiger partial charge in [0.05, 0.1) is 18.6 Å². The molecule has 1 N–H and O–H groups in total. The van der Waals surface area contributed by atoms with Crippen LogP contribution in [0.3, 0.4) is 0 Å². The summed E-state index contributed by atoms with van der Waals surface area (Å²) in [6.45, 7) is 1.93. The maximum Gasteiger partial charge on any atom is 0.336 e. The van der Waals surface area contributed by atoms with Crippen molar-refractivity contribution in [1.29, 1.82) is 0 Å². The van der Waals surface area contributed by atoms with Gasteiger partial charge >= 0.3 is 12.3 Å². The highest BCUT2D eigenvalue weighted by molar-refractivity contribution is 7.92. The summed E-state index contributed by atoms with van der Waals surface area (Å²) in [4.78, 5) is 11.4. The summed E-state index contributed by atoms with van der Waals surface area (Å²) in [5, 5.41) is 9.64. The number of fused-ring (bicyclic) bond motifs is 1. The van der Waals surface area contributed by atoms with Crippen LogP contribution < -0.4 is 0 Å². The van der Waals surface area contributed by atoms with E-state index in [1.807, 2.05) is 19.1 Å². The van der Waals surface area contributed by atoms with Crippen LogP contribution in [0.2, 0.25) is 0 Å². The van der Waals surface area contributed by atoms with Crippen LogP contribution in [0.25, 0.3) is 0 Å². The Bertz CT molecular complexity index is 364. The van der Waals surface area contributed by atoms with E-state index >= 15 is 0 Å². The second-order valence-corrected chi connectivity index (χ2v) is 7.29. The van der Waals surface area contributed by atoms with Crippen molar-refractivity contribution in [2.75, 3.05) is 0 Å². The molecule has 1 saturated carbocycles. The summed E-state index contributed by atoms with van der Waals surface area (Å²) < 4.78 is 11.2. The van der Waals surface area contributed by atoms with E-state index < -0.39 is 6.10 Å². The summed E-state index contributed by atoms with van der Waals surface area (Å²) in [6.07, 6.45) is 5.28. The second kappa shape index (κ2) is 6.67. The van der Waals surface area contributed by atoms with Crippen LogP contribution in [0, 0.1) is 11.8 Å². The van der Waals surface area contributed by atoms with E-state index in [9.17, 15) is 9.90 Å². The van der Waals surface area contributed by atoms with Crippen LogP contribution >= 0.6 is 18.2 Å². The van der Waals surface area contributed by atoms with Crippen molar-refractivity contribution in [3.63, 3.8) is 0 Å². The first kappa shape index (κ1) is 15.4. The molecule has 106 valence electrons. The molecule has 0 radical (unpaired) electrons. The second-order valence-electron chi connectivity index (χ2n) is 5.21. The minimum atomic E-state index is -0.430. The molecule has 19 heavy (non-hydrogen) atoms. The summed E-state index contributed by atoms with van der Waals surface area (Å²) in [5.41, 5.74) is 0. The van der Waals surface area contributed by atoms with E-state index in [4.69, 9.17) is 9.39 Å². The topological polar surface area (TPSA) is 55.8 Å². The van der Waals surface area contributed by atoms with Crippen molar-refractivity contribution in [1.82, 2.24) is 0 Å². The van der Waals surface area contributed by atoms with Crippen molar-refractivity contribution in [2.45, 2.75) is 44.5 Å². The third kappa shape index (κ3) is 3.79. The summed E-state index contributed by atoms with van der Waals surface area (Å²) in [7, 11) is 5.18. The molecule has 0 amide bonds. The van der Waals surface area contributed by atoms with Gasteiger partial charge in [0, 0.05) is 18.3 Å². The third-order valence-corrected chi connectivity index (χ3v) is 4.17. The summed E-state index contributed by atoms with van der Waals surface area (Å²) >= 11 is 0. The Morgan fingerprint density at radius 2 is 2.37 bits per heavy atom. The Kier molecular flexibility index (Phi) is 5.42. The molecule has 0 spiro atoms. The molecular formula is C12H21BO4P2.